The monoisotopic (exact) mass is 397 g/mol. The van der Waals surface area contributed by atoms with Crippen LogP contribution in [0.15, 0.2) is 30.3 Å². The van der Waals surface area contributed by atoms with E-state index in [1.54, 1.807) is 6.07 Å². The number of halogens is 9. The first kappa shape index (κ1) is 21.9. The van der Waals surface area contributed by atoms with Crippen molar-refractivity contribution in [1.82, 2.24) is 5.32 Å². The molecule has 3 nitrogen and oxygen atoms in total. The van der Waals surface area contributed by atoms with E-state index in [2.05, 4.69) is 0 Å². The molecular weight excluding hydrogens is 385 g/mol. The van der Waals surface area contributed by atoms with Crippen LogP contribution in [0.4, 0.5) is 39.5 Å². The number of ether oxygens (including phenoxy) is 1. The second-order valence-corrected chi connectivity index (χ2v) is 5.22. The molecule has 0 saturated heterocycles. The number of amides is 1. The summed E-state index contributed by atoms with van der Waals surface area (Å²) >= 11 is 0. The molecule has 1 atom stereocenters. The van der Waals surface area contributed by atoms with Crippen molar-refractivity contribution in [3.8, 4) is 5.75 Å². The SMILES string of the molecule is C[C@@H](COc1ccccc1)NC(=O)C(F)(F)C(F)(F)C(F)(F)C(F)(F)F. The van der Waals surface area contributed by atoms with Crippen molar-refractivity contribution in [2.24, 2.45) is 0 Å². The fraction of sp³-hybridized carbons (Fsp3) is 0.500. The summed E-state index contributed by atoms with van der Waals surface area (Å²) in [6, 6.07) is 6.15. The smallest absolute Gasteiger partial charge is 0.460 e. The van der Waals surface area contributed by atoms with Gasteiger partial charge in [-0.1, -0.05) is 18.2 Å². The molecular formula is C14H12F9NO2. The third-order valence-electron chi connectivity index (χ3n) is 3.05. The normalized spacial score (nSPS) is 14.7. The lowest BCUT2D eigenvalue weighted by molar-refractivity contribution is -0.388. The van der Waals surface area contributed by atoms with Gasteiger partial charge in [0.25, 0.3) is 5.91 Å². The predicted octanol–water partition coefficient (Wildman–Crippen LogP) is 4.04. The van der Waals surface area contributed by atoms with Gasteiger partial charge in [-0.3, -0.25) is 4.79 Å². The molecule has 0 aliphatic carbocycles. The molecule has 1 N–H and O–H groups in total. The molecule has 1 aromatic rings. The Morgan fingerprint density at radius 3 is 1.92 bits per heavy atom. The van der Waals surface area contributed by atoms with Crippen molar-refractivity contribution in [1.29, 1.82) is 0 Å². The zero-order chi connectivity index (χ0) is 20.4. The van der Waals surface area contributed by atoms with Gasteiger partial charge in [0, 0.05) is 0 Å². The third kappa shape index (κ3) is 4.15. The Hall–Kier alpha value is -2.14. The average Bonchev–Trinajstić information content (AvgIpc) is 2.52. The zero-order valence-electron chi connectivity index (χ0n) is 12.9. The highest BCUT2D eigenvalue weighted by molar-refractivity contribution is 5.85. The Labute approximate surface area is 141 Å². The van der Waals surface area contributed by atoms with Gasteiger partial charge in [0.05, 0.1) is 6.04 Å². The van der Waals surface area contributed by atoms with Crippen LogP contribution in [0.5, 0.6) is 5.75 Å². The maximum Gasteiger partial charge on any atom is 0.460 e. The summed E-state index contributed by atoms with van der Waals surface area (Å²) in [6.45, 7) is 0.462. The minimum absolute atomic E-state index is 0.217. The Morgan fingerprint density at radius 2 is 1.46 bits per heavy atom. The number of carbonyl (C=O) groups is 1. The topological polar surface area (TPSA) is 38.3 Å². The highest BCUT2D eigenvalue weighted by atomic mass is 19.4. The molecule has 1 aromatic carbocycles. The molecule has 26 heavy (non-hydrogen) atoms. The lowest BCUT2D eigenvalue weighted by atomic mass is 10.0. The molecule has 0 aliphatic rings. The number of hydrogen-bond donors (Lipinski definition) is 1. The summed E-state index contributed by atoms with van der Waals surface area (Å²) in [6.07, 6.45) is -6.98. The van der Waals surface area contributed by atoms with Crippen molar-refractivity contribution in [2.45, 2.75) is 36.9 Å². The standard InChI is InChI=1S/C14H12F9NO2/c1-8(7-26-9-5-3-2-4-6-9)24-10(25)11(15,16)12(17,18)13(19,20)14(21,22)23/h2-6,8H,7H2,1H3,(H,24,25)/t8-/m0/s1. The van der Waals surface area contributed by atoms with Gasteiger partial charge < -0.3 is 10.1 Å². The van der Waals surface area contributed by atoms with Gasteiger partial charge in [0.2, 0.25) is 0 Å². The maximum atomic E-state index is 13.4. The van der Waals surface area contributed by atoms with Gasteiger partial charge >= 0.3 is 23.9 Å². The number of carbonyl (C=O) groups excluding carboxylic acids is 1. The van der Waals surface area contributed by atoms with Gasteiger partial charge in [-0.05, 0) is 19.1 Å². The molecule has 0 bridgehead atoms. The number of alkyl halides is 9. The minimum Gasteiger partial charge on any atom is -0.491 e. The van der Waals surface area contributed by atoms with Crippen LogP contribution in [0.1, 0.15) is 6.92 Å². The van der Waals surface area contributed by atoms with E-state index >= 15 is 0 Å². The average molecular weight is 397 g/mol. The Kier molecular flexibility index (Phi) is 6.09. The molecule has 0 saturated carbocycles. The molecule has 0 aliphatic heterocycles. The molecule has 0 heterocycles. The highest BCUT2D eigenvalue weighted by Gasteiger charge is 2.83. The number of nitrogens with one attached hydrogen (secondary N) is 1. The molecule has 0 radical (unpaired) electrons. The first-order chi connectivity index (χ1) is 11.6. The van der Waals surface area contributed by atoms with Crippen LogP contribution in [0.2, 0.25) is 0 Å². The van der Waals surface area contributed by atoms with Gasteiger partial charge in [0.1, 0.15) is 12.4 Å². The first-order valence-corrected chi connectivity index (χ1v) is 6.83. The van der Waals surface area contributed by atoms with E-state index in [9.17, 15) is 44.3 Å². The second kappa shape index (κ2) is 7.23. The molecule has 12 heteroatoms. The van der Waals surface area contributed by atoms with Gasteiger partial charge in [-0.15, -0.1) is 0 Å². The third-order valence-corrected chi connectivity index (χ3v) is 3.05. The van der Waals surface area contributed by atoms with Crippen LogP contribution in [0.3, 0.4) is 0 Å². The van der Waals surface area contributed by atoms with Crippen LogP contribution in [0, 0.1) is 0 Å². The summed E-state index contributed by atoms with van der Waals surface area (Å²) < 4.78 is 119. The molecule has 0 fully saturated rings. The van der Waals surface area contributed by atoms with E-state index in [1.807, 2.05) is 0 Å². The summed E-state index contributed by atoms with van der Waals surface area (Å²) in [5.41, 5.74) is 0. The number of benzene rings is 1. The lowest BCUT2D eigenvalue weighted by Crippen LogP contribution is -2.66. The van der Waals surface area contributed by atoms with Crippen molar-refractivity contribution < 1.29 is 49.0 Å². The summed E-state index contributed by atoms with van der Waals surface area (Å²) in [4.78, 5) is 11.2. The zero-order valence-corrected chi connectivity index (χ0v) is 12.9. The second-order valence-electron chi connectivity index (χ2n) is 5.22. The summed E-state index contributed by atoms with van der Waals surface area (Å²) in [7, 11) is 0. The van der Waals surface area contributed by atoms with E-state index in [-0.39, 0.29) is 5.75 Å². The van der Waals surface area contributed by atoms with Gasteiger partial charge in [-0.25, -0.2) is 0 Å². The molecule has 0 aromatic heterocycles. The van der Waals surface area contributed by atoms with Crippen LogP contribution in [0.25, 0.3) is 0 Å². The van der Waals surface area contributed by atoms with E-state index in [1.165, 1.54) is 29.6 Å². The first-order valence-electron chi connectivity index (χ1n) is 6.83. The predicted molar refractivity (Wildman–Crippen MR) is 70.4 cm³/mol. The van der Waals surface area contributed by atoms with Crippen LogP contribution < -0.4 is 10.1 Å². The largest absolute Gasteiger partial charge is 0.491 e. The van der Waals surface area contributed by atoms with Crippen LogP contribution in [-0.4, -0.2) is 42.5 Å². The van der Waals surface area contributed by atoms with Crippen molar-refractivity contribution in [2.75, 3.05) is 6.61 Å². The Morgan fingerprint density at radius 1 is 0.962 bits per heavy atom. The van der Waals surface area contributed by atoms with Gasteiger partial charge in [0.15, 0.2) is 0 Å². The van der Waals surface area contributed by atoms with Gasteiger partial charge in [-0.2, -0.15) is 39.5 Å². The van der Waals surface area contributed by atoms with E-state index < -0.39 is 42.5 Å². The molecule has 148 valence electrons. The summed E-state index contributed by atoms with van der Waals surface area (Å²) in [5.74, 6) is -23.2. The lowest BCUT2D eigenvalue weighted by Gasteiger charge is -2.33. The van der Waals surface area contributed by atoms with E-state index in [0.29, 0.717) is 0 Å². The van der Waals surface area contributed by atoms with Crippen molar-refractivity contribution >= 4 is 5.91 Å². The fourth-order valence-electron chi connectivity index (χ4n) is 1.61. The van der Waals surface area contributed by atoms with Crippen LogP contribution in [-0.2, 0) is 4.79 Å². The number of para-hydroxylation sites is 1. The van der Waals surface area contributed by atoms with Crippen molar-refractivity contribution in [3.05, 3.63) is 30.3 Å². The quantitative estimate of drug-likeness (QED) is 0.706. The van der Waals surface area contributed by atoms with E-state index in [0.717, 1.165) is 6.92 Å². The molecule has 1 amide bonds. The van der Waals surface area contributed by atoms with E-state index in [4.69, 9.17) is 4.74 Å². The minimum atomic E-state index is -7.12. The highest BCUT2D eigenvalue weighted by Crippen LogP contribution is 2.53. The summed E-state index contributed by atoms with van der Waals surface area (Å²) in [5, 5.41) is 1.23. The molecule has 0 unspecified atom stereocenters. The maximum absolute atomic E-state index is 13.4. The Balaban J connectivity index is 2.83. The fourth-order valence-corrected chi connectivity index (χ4v) is 1.61. The molecule has 0 spiro atoms. The molecule has 1 rings (SSSR count). The van der Waals surface area contributed by atoms with Crippen LogP contribution >= 0.6 is 0 Å². The Bertz CT molecular complexity index is 617. The number of hydrogen-bond acceptors (Lipinski definition) is 2. The number of rotatable bonds is 7. The van der Waals surface area contributed by atoms with Crippen molar-refractivity contribution in [3.63, 3.8) is 0 Å².